The van der Waals surface area contributed by atoms with Crippen molar-refractivity contribution >= 4 is 11.6 Å². The second-order valence-electron chi connectivity index (χ2n) is 3.18. The standard InChI is InChI=1S/C12H10ClNO2/c13-12-6-5-10(7-14-12)16-11-4-2-1-3-9(11)8-15/h1-7,15H,8H2. The van der Waals surface area contributed by atoms with E-state index in [-0.39, 0.29) is 6.61 Å². The van der Waals surface area contributed by atoms with Gasteiger partial charge in [-0.2, -0.15) is 0 Å². The molecule has 0 saturated heterocycles. The second kappa shape index (κ2) is 4.96. The molecule has 1 aromatic carbocycles. The van der Waals surface area contributed by atoms with Crippen LogP contribution in [-0.4, -0.2) is 10.1 Å². The van der Waals surface area contributed by atoms with Crippen LogP contribution in [0.3, 0.4) is 0 Å². The van der Waals surface area contributed by atoms with Gasteiger partial charge < -0.3 is 9.84 Å². The summed E-state index contributed by atoms with van der Waals surface area (Å²) in [6.07, 6.45) is 1.54. The van der Waals surface area contributed by atoms with Crippen molar-refractivity contribution in [2.75, 3.05) is 0 Å². The Kier molecular flexibility index (Phi) is 3.39. The summed E-state index contributed by atoms with van der Waals surface area (Å²) in [5, 5.41) is 9.54. The fourth-order valence-electron chi connectivity index (χ4n) is 1.28. The van der Waals surface area contributed by atoms with Gasteiger partial charge >= 0.3 is 0 Å². The van der Waals surface area contributed by atoms with Crippen LogP contribution in [0.15, 0.2) is 42.6 Å². The predicted octanol–water partition coefficient (Wildman–Crippen LogP) is 3.02. The van der Waals surface area contributed by atoms with E-state index in [1.54, 1.807) is 24.3 Å². The number of ether oxygens (including phenoxy) is 1. The number of aliphatic hydroxyl groups excluding tert-OH is 1. The smallest absolute Gasteiger partial charge is 0.145 e. The Hall–Kier alpha value is -1.58. The lowest BCUT2D eigenvalue weighted by atomic mass is 10.2. The van der Waals surface area contributed by atoms with Crippen LogP contribution >= 0.6 is 11.6 Å². The lowest BCUT2D eigenvalue weighted by molar-refractivity contribution is 0.276. The molecule has 0 aliphatic heterocycles. The summed E-state index contributed by atoms with van der Waals surface area (Å²) in [6, 6.07) is 10.7. The fourth-order valence-corrected chi connectivity index (χ4v) is 1.40. The molecule has 0 radical (unpaired) electrons. The highest BCUT2D eigenvalue weighted by atomic mass is 35.5. The molecular formula is C12H10ClNO2. The van der Waals surface area contributed by atoms with Crippen LogP contribution in [0.2, 0.25) is 5.15 Å². The highest BCUT2D eigenvalue weighted by molar-refractivity contribution is 6.29. The van der Waals surface area contributed by atoms with E-state index in [1.807, 2.05) is 12.1 Å². The van der Waals surface area contributed by atoms with E-state index < -0.39 is 0 Å². The van der Waals surface area contributed by atoms with Crippen LogP contribution in [0.5, 0.6) is 11.5 Å². The zero-order chi connectivity index (χ0) is 11.4. The zero-order valence-electron chi connectivity index (χ0n) is 8.43. The number of rotatable bonds is 3. The average molecular weight is 236 g/mol. The molecule has 0 atom stereocenters. The summed E-state index contributed by atoms with van der Waals surface area (Å²) in [5.74, 6) is 1.21. The maximum absolute atomic E-state index is 9.12. The number of halogens is 1. The van der Waals surface area contributed by atoms with E-state index in [1.165, 1.54) is 6.20 Å². The second-order valence-corrected chi connectivity index (χ2v) is 3.57. The van der Waals surface area contributed by atoms with Gasteiger partial charge in [0.25, 0.3) is 0 Å². The number of aromatic nitrogens is 1. The van der Waals surface area contributed by atoms with Gasteiger partial charge in [-0.15, -0.1) is 0 Å². The van der Waals surface area contributed by atoms with Crippen molar-refractivity contribution in [2.45, 2.75) is 6.61 Å². The Bertz CT molecular complexity index is 471. The highest BCUT2D eigenvalue weighted by Gasteiger charge is 2.03. The summed E-state index contributed by atoms with van der Waals surface area (Å²) >= 11 is 5.67. The summed E-state index contributed by atoms with van der Waals surface area (Å²) in [7, 11) is 0. The Morgan fingerprint density at radius 2 is 2.00 bits per heavy atom. The van der Waals surface area contributed by atoms with Crippen LogP contribution in [0.4, 0.5) is 0 Å². The number of nitrogens with zero attached hydrogens (tertiary/aromatic N) is 1. The average Bonchev–Trinajstić information content (AvgIpc) is 2.33. The van der Waals surface area contributed by atoms with E-state index in [9.17, 15) is 0 Å². The number of para-hydroxylation sites is 1. The maximum atomic E-state index is 9.12. The van der Waals surface area contributed by atoms with Crippen molar-refractivity contribution in [3.8, 4) is 11.5 Å². The topological polar surface area (TPSA) is 42.4 Å². The first-order chi connectivity index (χ1) is 7.79. The van der Waals surface area contributed by atoms with Crippen molar-refractivity contribution in [3.63, 3.8) is 0 Å². The van der Waals surface area contributed by atoms with Crippen molar-refractivity contribution < 1.29 is 9.84 Å². The molecule has 0 bridgehead atoms. The summed E-state index contributed by atoms with van der Waals surface area (Å²) in [5.41, 5.74) is 0.734. The van der Waals surface area contributed by atoms with Gasteiger partial charge in [0.2, 0.25) is 0 Å². The van der Waals surface area contributed by atoms with Crippen LogP contribution in [0.25, 0.3) is 0 Å². The third-order valence-electron chi connectivity index (χ3n) is 2.07. The van der Waals surface area contributed by atoms with Crippen molar-refractivity contribution in [1.82, 2.24) is 4.98 Å². The number of pyridine rings is 1. The molecule has 0 aliphatic carbocycles. The molecule has 1 aromatic heterocycles. The largest absolute Gasteiger partial charge is 0.455 e. The number of hydrogen-bond acceptors (Lipinski definition) is 3. The Labute approximate surface area is 98.3 Å². The number of hydrogen-bond donors (Lipinski definition) is 1. The van der Waals surface area contributed by atoms with Gasteiger partial charge in [0, 0.05) is 5.56 Å². The SMILES string of the molecule is OCc1ccccc1Oc1ccc(Cl)nc1. The van der Waals surface area contributed by atoms with Gasteiger partial charge in [-0.3, -0.25) is 0 Å². The Balaban J connectivity index is 2.23. The minimum atomic E-state index is -0.0583. The Morgan fingerprint density at radius 3 is 2.69 bits per heavy atom. The van der Waals surface area contributed by atoms with Crippen molar-refractivity contribution in [3.05, 3.63) is 53.3 Å². The molecule has 0 unspecified atom stereocenters. The van der Waals surface area contributed by atoms with E-state index in [2.05, 4.69) is 4.98 Å². The van der Waals surface area contributed by atoms with Crippen LogP contribution in [0, 0.1) is 0 Å². The molecule has 4 heteroatoms. The number of benzene rings is 1. The van der Waals surface area contributed by atoms with Gasteiger partial charge in [-0.1, -0.05) is 29.8 Å². The zero-order valence-corrected chi connectivity index (χ0v) is 9.19. The van der Waals surface area contributed by atoms with Crippen LogP contribution < -0.4 is 4.74 Å². The third-order valence-corrected chi connectivity index (χ3v) is 2.29. The molecule has 2 rings (SSSR count). The van der Waals surface area contributed by atoms with E-state index in [4.69, 9.17) is 21.4 Å². The predicted molar refractivity (Wildman–Crippen MR) is 61.7 cm³/mol. The minimum Gasteiger partial charge on any atom is -0.455 e. The lowest BCUT2D eigenvalue weighted by Gasteiger charge is -2.08. The molecule has 2 aromatic rings. The van der Waals surface area contributed by atoms with E-state index in [0.29, 0.717) is 16.7 Å². The fraction of sp³-hybridized carbons (Fsp3) is 0.0833. The number of aliphatic hydroxyl groups is 1. The van der Waals surface area contributed by atoms with E-state index in [0.717, 1.165) is 5.56 Å². The summed E-state index contributed by atoms with van der Waals surface area (Å²) < 4.78 is 5.57. The van der Waals surface area contributed by atoms with Gasteiger partial charge in [0.05, 0.1) is 12.8 Å². The normalized spacial score (nSPS) is 10.1. The quantitative estimate of drug-likeness (QED) is 0.832. The molecule has 0 amide bonds. The van der Waals surface area contributed by atoms with Crippen LogP contribution in [0.1, 0.15) is 5.56 Å². The maximum Gasteiger partial charge on any atom is 0.145 e. The van der Waals surface area contributed by atoms with Gasteiger partial charge in [0.15, 0.2) is 0 Å². The van der Waals surface area contributed by atoms with Crippen LogP contribution in [-0.2, 0) is 6.61 Å². The lowest BCUT2D eigenvalue weighted by Crippen LogP contribution is -1.91. The van der Waals surface area contributed by atoms with Gasteiger partial charge in [0.1, 0.15) is 16.7 Å². The first-order valence-corrected chi connectivity index (χ1v) is 5.15. The molecule has 16 heavy (non-hydrogen) atoms. The monoisotopic (exact) mass is 235 g/mol. The van der Waals surface area contributed by atoms with Crippen molar-refractivity contribution in [2.24, 2.45) is 0 Å². The van der Waals surface area contributed by atoms with Gasteiger partial charge in [-0.05, 0) is 18.2 Å². The van der Waals surface area contributed by atoms with Gasteiger partial charge in [-0.25, -0.2) is 4.98 Å². The molecule has 1 heterocycles. The minimum absolute atomic E-state index is 0.0583. The first kappa shape index (κ1) is 10.9. The molecule has 3 nitrogen and oxygen atoms in total. The molecule has 0 spiro atoms. The summed E-state index contributed by atoms with van der Waals surface area (Å²) in [4.78, 5) is 3.91. The third kappa shape index (κ3) is 2.51. The first-order valence-electron chi connectivity index (χ1n) is 4.78. The molecule has 82 valence electrons. The molecule has 1 N–H and O–H groups in total. The molecule has 0 fully saturated rings. The Morgan fingerprint density at radius 1 is 1.19 bits per heavy atom. The van der Waals surface area contributed by atoms with E-state index >= 15 is 0 Å². The molecule has 0 saturated carbocycles. The molecule has 0 aliphatic rings. The summed E-state index contributed by atoms with van der Waals surface area (Å²) in [6.45, 7) is -0.0583. The highest BCUT2D eigenvalue weighted by Crippen LogP contribution is 2.25. The van der Waals surface area contributed by atoms with Crippen molar-refractivity contribution in [1.29, 1.82) is 0 Å². The molecular weight excluding hydrogens is 226 g/mol.